The van der Waals surface area contributed by atoms with Gasteiger partial charge in [0.25, 0.3) is 0 Å². The minimum absolute atomic E-state index is 0.568. The minimum Gasteiger partial charge on any atom is -0.317 e. The van der Waals surface area contributed by atoms with Crippen molar-refractivity contribution in [3.05, 3.63) is 0 Å². The van der Waals surface area contributed by atoms with Gasteiger partial charge in [0.05, 0.1) is 0 Å². The van der Waals surface area contributed by atoms with Crippen molar-refractivity contribution in [1.29, 1.82) is 0 Å². The molecule has 1 heterocycles. The van der Waals surface area contributed by atoms with Crippen LogP contribution in [0.15, 0.2) is 0 Å². The molecule has 2 aliphatic rings. The Morgan fingerprint density at radius 1 is 1.33 bits per heavy atom. The van der Waals surface area contributed by atoms with Crippen LogP contribution in [0.2, 0.25) is 0 Å². The summed E-state index contributed by atoms with van der Waals surface area (Å²) in [5.74, 6) is 1.99. The molecule has 0 radical (unpaired) electrons. The van der Waals surface area contributed by atoms with Crippen molar-refractivity contribution < 1.29 is 0 Å². The highest BCUT2D eigenvalue weighted by molar-refractivity contribution is 4.87. The van der Waals surface area contributed by atoms with Gasteiger partial charge in [-0.3, -0.25) is 0 Å². The number of nitrogens with one attached hydrogen (secondary N) is 1. The molecule has 1 aliphatic heterocycles. The normalized spacial score (nSPS) is 34.4. The highest BCUT2D eigenvalue weighted by Gasteiger charge is 2.35. The van der Waals surface area contributed by atoms with Gasteiger partial charge in [0, 0.05) is 13.1 Å². The number of piperidine rings is 1. The quantitative estimate of drug-likeness (QED) is 0.763. The van der Waals surface area contributed by atoms with E-state index >= 15 is 0 Å². The Balaban J connectivity index is 1.74. The van der Waals surface area contributed by atoms with E-state index < -0.39 is 0 Å². The molecule has 0 aromatic heterocycles. The number of nitrogens with zero attached hydrogens (tertiary/aromatic N) is 1. The zero-order valence-electron chi connectivity index (χ0n) is 10.6. The number of hydrogen-bond donors (Lipinski definition) is 1. The molecule has 1 saturated heterocycles. The van der Waals surface area contributed by atoms with Crippen LogP contribution in [-0.4, -0.2) is 38.1 Å². The van der Waals surface area contributed by atoms with E-state index in [2.05, 4.69) is 31.1 Å². The molecule has 0 bridgehead atoms. The highest BCUT2D eigenvalue weighted by Crippen LogP contribution is 2.38. The van der Waals surface area contributed by atoms with E-state index in [1.165, 1.54) is 45.4 Å². The van der Waals surface area contributed by atoms with Gasteiger partial charge in [-0.2, -0.15) is 0 Å². The maximum Gasteiger partial charge on any atom is 0.00333 e. The molecule has 2 fully saturated rings. The van der Waals surface area contributed by atoms with E-state index in [1.807, 2.05) is 0 Å². The molecular formula is C13H26N2. The van der Waals surface area contributed by atoms with E-state index in [4.69, 9.17) is 0 Å². The molecule has 2 heteroatoms. The summed E-state index contributed by atoms with van der Waals surface area (Å²) in [7, 11) is 2.30. The zero-order valence-corrected chi connectivity index (χ0v) is 10.6. The Morgan fingerprint density at radius 2 is 1.93 bits per heavy atom. The van der Waals surface area contributed by atoms with E-state index in [0.717, 1.165) is 11.8 Å². The van der Waals surface area contributed by atoms with Crippen LogP contribution in [0.4, 0.5) is 0 Å². The Labute approximate surface area is 94.4 Å². The summed E-state index contributed by atoms with van der Waals surface area (Å²) in [5, 5.41) is 3.45. The predicted octanol–water partition coefficient (Wildman–Crippen LogP) is 1.96. The Morgan fingerprint density at radius 3 is 2.47 bits per heavy atom. The molecular weight excluding hydrogens is 184 g/mol. The van der Waals surface area contributed by atoms with Crippen molar-refractivity contribution in [3.8, 4) is 0 Å². The second-order valence-electron chi connectivity index (χ2n) is 6.23. The highest BCUT2D eigenvalue weighted by atomic mass is 15.1. The minimum atomic E-state index is 0.568. The molecule has 2 atom stereocenters. The second kappa shape index (κ2) is 4.42. The second-order valence-corrected chi connectivity index (χ2v) is 6.23. The Kier molecular flexibility index (Phi) is 3.36. The first-order valence-electron chi connectivity index (χ1n) is 6.48. The van der Waals surface area contributed by atoms with Gasteiger partial charge in [0.2, 0.25) is 0 Å². The largest absolute Gasteiger partial charge is 0.317 e. The van der Waals surface area contributed by atoms with Crippen LogP contribution in [0.1, 0.15) is 33.1 Å². The van der Waals surface area contributed by atoms with Crippen molar-refractivity contribution in [2.24, 2.45) is 17.3 Å². The molecule has 1 saturated carbocycles. The summed E-state index contributed by atoms with van der Waals surface area (Å²) in [4.78, 5) is 2.57. The molecule has 0 amide bonds. The van der Waals surface area contributed by atoms with Crippen molar-refractivity contribution in [2.75, 3.05) is 33.2 Å². The smallest absolute Gasteiger partial charge is 0.00333 e. The fourth-order valence-corrected chi connectivity index (χ4v) is 2.96. The molecule has 1 aliphatic carbocycles. The third kappa shape index (κ3) is 3.18. The molecule has 15 heavy (non-hydrogen) atoms. The lowest BCUT2D eigenvalue weighted by atomic mass is 9.80. The van der Waals surface area contributed by atoms with Gasteiger partial charge in [0.15, 0.2) is 0 Å². The van der Waals surface area contributed by atoms with Gasteiger partial charge < -0.3 is 10.2 Å². The maximum absolute atomic E-state index is 3.45. The topological polar surface area (TPSA) is 15.3 Å². The van der Waals surface area contributed by atoms with Crippen molar-refractivity contribution in [2.45, 2.75) is 33.1 Å². The van der Waals surface area contributed by atoms with E-state index in [0.29, 0.717) is 5.41 Å². The molecule has 1 N–H and O–H groups in total. The molecule has 0 spiro atoms. The first-order valence-corrected chi connectivity index (χ1v) is 6.48. The fourth-order valence-electron chi connectivity index (χ4n) is 2.96. The third-order valence-electron chi connectivity index (χ3n) is 4.28. The summed E-state index contributed by atoms with van der Waals surface area (Å²) in [6, 6.07) is 0. The van der Waals surface area contributed by atoms with Gasteiger partial charge >= 0.3 is 0 Å². The van der Waals surface area contributed by atoms with Gasteiger partial charge in [-0.05, 0) is 56.7 Å². The average Bonchev–Trinajstić information content (AvgIpc) is 2.81. The molecule has 2 rings (SSSR count). The average molecular weight is 210 g/mol. The summed E-state index contributed by atoms with van der Waals surface area (Å²) in [6.07, 6.45) is 4.15. The lowest BCUT2D eigenvalue weighted by Gasteiger charge is -2.37. The van der Waals surface area contributed by atoms with Crippen molar-refractivity contribution >= 4 is 0 Å². The van der Waals surface area contributed by atoms with Gasteiger partial charge in [-0.1, -0.05) is 13.8 Å². The monoisotopic (exact) mass is 210 g/mol. The molecule has 88 valence electrons. The molecule has 2 nitrogen and oxygen atoms in total. The van der Waals surface area contributed by atoms with Crippen LogP contribution < -0.4 is 5.32 Å². The van der Waals surface area contributed by atoms with Crippen LogP contribution in [0.5, 0.6) is 0 Å². The van der Waals surface area contributed by atoms with Gasteiger partial charge in [-0.15, -0.1) is 0 Å². The van der Waals surface area contributed by atoms with E-state index in [9.17, 15) is 0 Å². The van der Waals surface area contributed by atoms with Crippen molar-refractivity contribution in [1.82, 2.24) is 10.2 Å². The lowest BCUT2D eigenvalue weighted by molar-refractivity contribution is 0.143. The summed E-state index contributed by atoms with van der Waals surface area (Å²) < 4.78 is 0. The zero-order chi connectivity index (χ0) is 10.9. The van der Waals surface area contributed by atoms with Crippen molar-refractivity contribution in [3.63, 3.8) is 0 Å². The molecule has 2 unspecified atom stereocenters. The van der Waals surface area contributed by atoms with Crippen LogP contribution >= 0.6 is 0 Å². The SMILES string of the molecule is CC1CC1CN(C)CC1(C)CCNCC1. The van der Waals surface area contributed by atoms with Gasteiger partial charge in [-0.25, -0.2) is 0 Å². The Hall–Kier alpha value is -0.0800. The van der Waals surface area contributed by atoms with E-state index in [1.54, 1.807) is 0 Å². The van der Waals surface area contributed by atoms with Crippen LogP contribution in [0.3, 0.4) is 0 Å². The lowest BCUT2D eigenvalue weighted by Crippen LogP contribution is -2.42. The Bertz CT molecular complexity index is 209. The van der Waals surface area contributed by atoms with Crippen LogP contribution in [0.25, 0.3) is 0 Å². The van der Waals surface area contributed by atoms with E-state index in [-0.39, 0.29) is 0 Å². The molecule has 0 aromatic carbocycles. The first kappa shape index (κ1) is 11.4. The maximum atomic E-state index is 3.45. The summed E-state index contributed by atoms with van der Waals surface area (Å²) in [5.41, 5.74) is 0.568. The predicted molar refractivity (Wildman–Crippen MR) is 65.0 cm³/mol. The third-order valence-corrected chi connectivity index (χ3v) is 4.28. The molecule has 0 aromatic rings. The standard InChI is InChI=1S/C13H26N2/c1-11-8-12(11)9-15(3)10-13(2)4-6-14-7-5-13/h11-12,14H,4-10H2,1-3H3. The fraction of sp³-hybridized carbons (Fsp3) is 1.00. The first-order chi connectivity index (χ1) is 7.09. The number of rotatable bonds is 4. The summed E-state index contributed by atoms with van der Waals surface area (Å²) >= 11 is 0. The van der Waals surface area contributed by atoms with Gasteiger partial charge in [0.1, 0.15) is 0 Å². The summed E-state index contributed by atoms with van der Waals surface area (Å²) in [6.45, 7) is 9.88. The van der Waals surface area contributed by atoms with Crippen LogP contribution in [0, 0.1) is 17.3 Å². The number of hydrogen-bond acceptors (Lipinski definition) is 2. The van der Waals surface area contributed by atoms with Crippen LogP contribution in [-0.2, 0) is 0 Å².